The van der Waals surface area contributed by atoms with Crippen LogP contribution in [0.3, 0.4) is 0 Å². The first-order valence-corrected chi connectivity index (χ1v) is 6.78. The maximum absolute atomic E-state index is 5.79. The Balaban J connectivity index is 1.01. The van der Waals surface area contributed by atoms with Crippen LogP contribution in [0.25, 0.3) is 0 Å². The van der Waals surface area contributed by atoms with Crippen molar-refractivity contribution in [2.24, 2.45) is 0 Å². The van der Waals surface area contributed by atoms with Crippen molar-refractivity contribution in [3.8, 4) is 0 Å². The summed E-state index contributed by atoms with van der Waals surface area (Å²) in [5, 5.41) is 0. The molecule has 6 aliphatic rings. The molecule has 98 valence electrons. The lowest BCUT2D eigenvalue weighted by Crippen LogP contribution is -2.30. The molecule has 0 radical (unpaired) electrons. The lowest BCUT2D eigenvalue weighted by molar-refractivity contribution is -0.195. The standard InChI is InChI=1S/C12H14O6/c1-3-9-11(15-9,16-9)7(1)13-5-6-14-8-2-4-10-12(8,17-10)18-10/h7-8H,1-6H2. The molecule has 0 aromatic heterocycles. The molecule has 0 bridgehead atoms. The molecule has 4 saturated heterocycles. The molecule has 6 rings (SSSR count). The van der Waals surface area contributed by atoms with E-state index in [1.54, 1.807) is 0 Å². The maximum atomic E-state index is 5.79. The van der Waals surface area contributed by atoms with Gasteiger partial charge in [0.15, 0.2) is 0 Å². The SMILES string of the molecule is C(COC1CCC23OC12O3)OC1CCC23OC12O3. The molecule has 2 saturated carbocycles. The van der Waals surface area contributed by atoms with E-state index in [4.69, 9.17) is 28.4 Å². The molecule has 0 amide bonds. The minimum atomic E-state index is -0.354. The largest absolute Gasteiger partial charge is 0.370 e. The van der Waals surface area contributed by atoms with E-state index in [-0.39, 0.29) is 35.4 Å². The van der Waals surface area contributed by atoms with Gasteiger partial charge in [-0.2, -0.15) is 0 Å². The first kappa shape index (κ1) is 9.63. The Bertz CT molecular complexity index is 407. The fourth-order valence-electron chi connectivity index (χ4n) is 3.99. The van der Waals surface area contributed by atoms with Crippen molar-refractivity contribution in [3.05, 3.63) is 0 Å². The fraction of sp³-hybridized carbons (Fsp3) is 1.00. The summed E-state index contributed by atoms with van der Waals surface area (Å²) in [6.07, 6.45) is 4.18. The fourth-order valence-corrected chi connectivity index (χ4v) is 3.99. The van der Waals surface area contributed by atoms with Crippen LogP contribution in [-0.2, 0) is 28.4 Å². The minimum absolute atomic E-state index is 0.0938. The summed E-state index contributed by atoms with van der Waals surface area (Å²) in [6.45, 7) is 1.16. The van der Waals surface area contributed by atoms with Gasteiger partial charge in [0.2, 0.25) is 11.6 Å². The molecular formula is C12H14O6. The second-order valence-corrected chi connectivity index (χ2v) is 6.05. The first-order valence-electron chi connectivity index (χ1n) is 6.78. The van der Waals surface area contributed by atoms with Crippen molar-refractivity contribution in [3.63, 3.8) is 0 Å². The summed E-state index contributed by atoms with van der Waals surface area (Å²) in [6, 6.07) is 0. The quantitative estimate of drug-likeness (QED) is 0.517. The zero-order valence-corrected chi connectivity index (χ0v) is 9.85. The highest BCUT2D eigenvalue weighted by molar-refractivity contribution is 5.27. The van der Waals surface area contributed by atoms with E-state index < -0.39 is 0 Å². The van der Waals surface area contributed by atoms with Crippen molar-refractivity contribution in [2.75, 3.05) is 13.2 Å². The third kappa shape index (κ3) is 0.819. The molecule has 6 heteroatoms. The summed E-state index contributed by atoms with van der Waals surface area (Å²) in [5.41, 5.74) is 0. The predicted molar refractivity (Wildman–Crippen MR) is 53.2 cm³/mol. The van der Waals surface area contributed by atoms with Gasteiger partial charge in [-0.05, 0) is 12.8 Å². The van der Waals surface area contributed by atoms with Crippen LogP contribution in [0, 0.1) is 0 Å². The van der Waals surface area contributed by atoms with Gasteiger partial charge in [0.1, 0.15) is 12.2 Å². The van der Waals surface area contributed by atoms with Gasteiger partial charge in [-0.3, -0.25) is 0 Å². The normalized spacial score (nSPS) is 68.0. The Hall–Kier alpha value is -0.240. The number of hydrogen-bond donors (Lipinski definition) is 0. The highest BCUT2D eigenvalue weighted by Crippen LogP contribution is 2.77. The highest BCUT2D eigenvalue weighted by atomic mass is 17.1. The second kappa shape index (κ2) is 2.39. The molecular weight excluding hydrogens is 240 g/mol. The van der Waals surface area contributed by atoms with E-state index in [2.05, 4.69) is 0 Å². The van der Waals surface area contributed by atoms with Gasteiger partial charge in [0, 0.05) is 12.8 Å². The van der Waals surface area contributed by atoms with E-state index in [9.17, 15) is 0 Å². The Kier molecular flexibility index (Phi) is 1.28. The molecule has 0 aromatic carbocycles. The van der Waals surface area contributed by atoms with E-state index >= 15 is 0 Å². The Morgan fingerprint density at radius 1 is 0.778 bits per heavy atom. The van der Waals surface area contributed by atoms with Gasteiger partial charge in [-0.15, -0.1) is 0 Å². The van der Waals surface area contributed by atoms with Gasteiger partial charge in [-0.1, -0.05) is 0 Å². The summed E-state index contributed by atoms with van der Waals surface area (Å²) < 4.78 is 33.5. The molecule has 2 atom stereocenters. The number of hydrogen-bond acceptors (Lipinski definition) is 6. The molecule has 0 aromatic rings. The smallest absolute Gasteiger partial charge is 0.256 e. The van der Waals surface area contributed by atoms with Gasteiger partial charge in [0.05, 0.1) is 13.2 Å². The van der Waals surface area contributed by atoms with Crippen LogP contribution in [0.4, 0.5) is 0 Å². The van der Waals surface area contributed by atoms with Gasteiger partial charge in [-0.25, -0.2) is 0 Å². The Morgan fingerprint density at radius 2 is 1.22 bits per heavy atom. The number of ether oxygens (including phenoxy) is 6. The lowest BCUT2D eigenvalue weighted by Gasteiger charge is -2.21. The van der Waals surface area contributed by atoms with Crippen LogP contribution < -0.4 is 0 Å². The summed E-state index contributed by atoms with van der Waals surface area (Å²) in [4.78, 5) is 0. The van der Waals surface area contributed by atoms with E-state index in [0.717, 1.165) is 25.7 Å². The van der Waals surface area contributed by atoms with Crippen molar-refractivity contribution in [1.82, 2.24) is 0 Å². The number of epoxide rings is 4. The second-order valence-electron chi connectivity index (χ2n) is 6.05. The monoisotopic (exact) mass is 254 g/mol. The van der Waals surface area contributed by atoms with Crippen molar-refractivity contribution >= 4 is 0 Å². The molecule has 0 spiro atoms. The summed E-state index contributed by atoms with van der Waals surface area (Å²) in [7, 11) is 0. The number of rotatable bonds is 5. The average Bonchev–Trinajstić information content (AvgIpc) is 3.23. The van der Waals surface area contributed by atoms with Crippen LogP contribution in [0.15, 0.2) is 0 Å². The predicted octanol–water partition coefficient (Wildman–Crippen LogP) is 0.250. The third-order valence-corrected chi connectivity index (χ3v) is 5.20. The van der Waals surface area contributed by atoms with Crippen molar-refractivity contribution in [2.45, 2.75) is 61.0 Å². The Morgan fingerprint density at radius 3 is 1.50 bits per heavy atom. The van der Waals surface area contributed by atoms with Crippen LogP contribution >= 0.6 is 0 Å². The van der Waals surface area contributed by atoms with Gasteiger partial charge in [0.25, 0.3) is 11.6 Å². The third-order valence-electron chi connectivity index (χ3n) is 5.20. The summed E-state index contributed by atoms with van der Waals surface area (Å²) in [5.74, 6) is -1.17. The van der Waals surface area contributed by atoms with E-state index in [1.807, 2.05) is 0 Å². The average molecular weight is 254 g/mol. The molecule has 2 aliphatic carbocycles. The zero-order valence-electron chi connectivity index (χ0n) is 9.85. The topological polar surface area (TPSA) is 68.6 Å². The maximum Gasteiger partial charge on any atom is 0.256 e. The van der Waals surface area contributed by atoms with Crippen LogP contribution in [0.1, 0.15) is 25.7 Å². The molecule has 4 aliphatic heterocycles. The lowest BCUT2D eigenvalue weighted by atomic mass is 10.2. The van der Waals surface area contributed by atoms with Gasteiger partial charge < -0.3 is 28.4 Å². The van der Waals surface area contributed by atoms with E-state index in [0.29, 0.717) is 13.2 Å². The van der Waals surface area contributed by atoms with E-state index in [1.165, 1.54) is 0 Å². The zero-order chi connectivity index (χ0) is 11.6. The Labute approximate surface area is 103 Å². The highest BCUT2D eigenvalue weighted by Gasteiger charge is 2.97. The van der Waals surface area contributed by atoms with Crippen LogP contribution in [0.2, 0.25) is 0 Å². The minimum Gasteiger partial charge on any atom is -0.370 e. The van der Waals surface area contributed by atoms with Crippen LogP contribution in [0.5, 0.6) is 0 Å². The molecule has 18 heavy (non-hydrogen) atoms. The molecule has 4 heterocycles. The summed E-state index contributed by atoms with van der Waals surface area (Å²) >= 11 is 0. The first-order chi connectivity index (χ1) is 8.75. The molecule has 2 unspecified atom stereocenters. The van der Waals surface area contributed by atoms with Gasteiger partial charge >= 0.3 is 0 Å². The molecule has 6 fully saturated rings. The van der Waals surface area contributed by atoms with Crippen molar-refractivity contribution in [1.29, 1.82) is 0 Å². The molecule has 6 nitrogen and oxygen atoms in total. The van der Waals surface area contributed by atoms with Crippen LogP contribution in [-0.4, -0.2) is 48.6 Å². The van der Waals surface area contributed by atoms with Crippen molar-refractivity contribution < 1.29 is 28.4 Å². The molecule has 0 N–H and O–H groups in total.